The van der Waals surface area contributed by atoms with Gasteiger partial charge in [-0.25, -0.2) is 4.98 Å². The van der Waals surface area contributed by atoms with Crippen molar-refractivity contribution in [3.05, 3.63) is 73.5 Å². The normalized spacial score (nSPS) is 20.7. The molecular formula is C20H17BrN4O3S4. The first-order chi connectivity index (χ1) is 15.2. The number of sulfonamides is 1. The summed E-state index contributed by atoms with van der Waals surface area (Å²) in [6.45, 7) is 7.79. The van der Waals surface area contributed by atoms with Crippen molar-refractivity contribution in [1.29, 1.82) is 0 Å². The van der Waals surface area contributed by atoms with Gasteiger partial charge in [0.25, 0.3) is 15.9 Å². The van der Waals surface area contributed by atoms with Gasteiger partial charge in [-0.2, -0.15) is 8.42 Å². The minimum atomic E-state index is -4.01. The molecule has 2 aromatic rings. The average Bonchev–Trinajstić information content (AvgIpc) is 3.44. The number of nitrogens with zero attached hydrogens (tertiary/aromatic N) is 4. The highest BCUT2D eigenvalue weighted by molar-refractivity contribution is 9.10. The lowest BCUT2D eigenvalue weighted by Crippen LogP contribution is -2.30. The second-order valence-electron chi connectivity index (χ2n) is 6.64. The number of aromatic nitrogens is 1. The Morgan fingerprint density at radius 2 is 1.94 bits per heavy atom. The standard InChI is InChI=1S/C20H17BrN4O3S4/c1-4-10-24-17(26)16(18-25(12(2)13(3)30-18)19-22-9-11-29-19)31-20(24)23-32(27,28)15-7-5-14(21)6-8-15/h4-9,11H,1,10H2,2-3H3. The van der Waals surface area contributed by atoms with Crippen molar-refractivity contribution in [1.82, 2.24) is 9.88 Å². The number of hydrogen-bond acceptors (Lipinski definition) is 8. The molecule has 32 heavy (non-hydrogen) atoms. The van der Waals surface area contributed by atoms with E-state index >= 15 is 0 Å². The fourth-order valence-corrected chi connectivity index (χ4v) is 7.39. The SMILES string of the molecule is C=CCN1C(=O)C(=C2SC(C)=C(C)N2c2nccs2)SC1=NS(=O)(=O)c1ccc(Br)cc1. The van der Waals surface area contributed by atoms with Crippen LogP contribution in [0, 0.1) is 0 Å². The quantitative estimate of drug-likeness (QED) is 0.353. The first kappa shape index (κ1) is 23.3. The highest BCUT2D eigenvalue weighted by Crippen LogP contribution is 2.49. The number of amides is 1. The van der Waals surface area contributed by atoms with E-state index in [2.05, 4.69) is 31.9 Å². The van der Waals surface area contributed by atoms with Gasteiger partial charge < -0.3 is 0 Å². The molecule has 0 bridgehead atoms. The molecule has 3 heterocycles. The number of halogens is 1. The Bertz CT molecular complexity index is 1280. The lowest BCUT2D eigenvalue weighted by atomic mass is 10.4. The first-order valence-corrected chi connectivity index (χ1v) is 14.0. The third-order valence-corrected chi connectivity index (χ3v) is 9.65. The predicted molar refractivity (Wildman–Crippen MR) is 136 cm³/mol. The Balaban J connectivity index is 1.79. The van der Waals surface area contributed by atoms with E-state index < -0.39 is 10.0 Å². The number of carbonyl (C=O) groups is 1. The smallest absolute Gasteiger partial charge is 0.282 e. The Labute approximate surface area is 207 Å². The maximum Gasteiger partial charge on any atom is 0.284 e. The molecule has 2 aliphatic rings. The van der Waals surface area contributed by atoms with Crippen molar-refractivity contribution in [3.8, 4) is 0 Å². The summed E-state index contributed by atoms with van der Waals surface area (Å²) < 4.78 is 30.6. The molecule has 2 aliphatic heterocycles. The van der Waals surface area contributed by atoms with Gasteiger partial charge in [0.05, 0.1) is 4.90 Å². The van der Waals surface area contributed by atoms with E-state index in [4.69, 9.17) is 0 Å². The maximum atomic E-state index is 13.3. The molecule has 0 N–H and O–H groups in total. The van der Waals surface area contributed by atoms with Crippen molar-refractivity contribution in [3.63, 3.8) is 0 Å². The van der Waals surface area contributed by atoms with Crippen LogP contribution in [0.3, 0.4) is 0 Å². The largest absolute Gasteiger partial charge is 0.284 e. The van der Waals surface area contributed by atoms with Crippen LogP contribution in [0.25, 0.3) is 0 Å². The van der Waals surface area contributed by atoms with Crippen LogP contribution in [0.15, 0.2) is 82.8 Å². The minimum Gasteiger partial charge on any atom is -0.282 e. The van der Waals surface area contributed by atoms with Gasteiger partial charge in [0.2, 0.25) is 0 Å². The summed E-state index contributed by atoms with van der Waals surface area (Å²) in [5, 5.41) is 3.41. The molecule has 0 atom stereocenters. The van der Waals surface area contributed by atoms with Gasteiger partial charge >= 0.3 is 0 Å². The molecule has 1 aromatic heterocycles. The summed E-state index contributed by atoms with van der Waals surface area (Å²) in [5.74, 6) is -0.314. The second kappa shape index (κ2) is 9.18. The highest BCUT2D eigenvalue weighted by Gasteiger charge is 2.40. The third kappa shape index (κ3) is 4.34. The van der Waals surface area contributed by atoms with Crippen molar-refractivity contribution in [2.24, 2.45) is 4.40 Å². The second-order valence-corrected chi connectivity index (χ2v) is 12.2. The number of anilines is 1. The number of thioether (sulfide) groups is 2. The van der Waals surface area contributed by atoms with Gasteiger partial charge in [-0.3, -0.25) is 14.6 Å². The van der Waals surface area contributed by atoms with Gasteiger partial charge in [-0.1, -0.05) is 33.8 Å². The van der Waals surface area contributed by atoms with E-state index in [0.29, 0.717) is 9.93 Å². The molecule has 7 nitrogen and oxygen atoms in total. The van der Waals surface area contributed by atoms with Crippen LogP contribution < -0.4 is 4.90 Å². The Hall–Kier alpha value is -1.86. The van der Waals surface area contributed by atoms with Crippen molar-refractivity contribution >= 4 is 77.0 Å². The summed E-state index contributed by atoms with van der Waals surface area (Å²) in [6, 6.07) is 6.20. The van der Waals surface area contributed by atoms with Gasteiger partial charge in [-0.15, -0.1) is 22.3 Å². The zero-order valence-electron chi connectivity index (χ0n) is 17.0. The number of thiazole rings is 1. The molecule has 0 aliphatic carbocycles. The van der Waals surface area contributed by atoms with E-state index in [-0.39, 0.29) is 22.5 Å². The number of allylic oxidation sites excluding steroid dienone is 2. The first-order valence-electron chi connectivity index (χ1n) is 9.23. The van der Waals surface area contributed by atoms with Crippen LogP contribution in [0.1, 0.15) is 13.8 Å². The molecule has 0 unspecified atom stereocenters. The number of hydrogen-bond donors (Lipinski definition) is 0. The van der Waals surface area contributed by atoms with Gasteiger partial charge in [0.15, 0.2) is 10.3 Å². The topological polar surface area (TPSA) is 82.9 Å². The molecule has 12 heteroatoms. The molecule has 1 fully saturated rings. The summed E-state index contributed by atoms with van der Waals surface area (Å²) >= 11 is 7.28. The summed E-state index contributed by atoms with van der Waals surface area (Å²) in [6.07, 6.45) is 3.25. The van der Waals surface area contributed by atoms with E-state index in [1.54, 1.807) is 24.4 Å². The third-order valence-electron chi connectivity index (χ3n) is 4.59. The molecule has 4 rings (SSSR count). The van der Waals surface area contributed by atoms with E-state index in [9.17, 15) is 13.2 Å². The van der Waals surface area contributed by atoms with E-state index in [0.717, 1.165) is 32.0 Å². The molecule has 1 amide bonds. The van der Waals surface area contributed by atoms with Crippen LogP contribution >= 0.6 is 50.8 Å². The van der Waals surface area contributed by atoms with Crippen molar-refractivity contribution in [2.75, 3.05) is 11.4 Å². The molecule has 166 valence electrons. The Kier molecular flexibility index (Phi) is 6.68. The number of carbonyl (C=O) groups excluding carboxylic acids is 1. The zero-order chi connectivity index (χ0) is 23.0. The van der Waals surface area contributed by atoms with Crippen LogP contribution in [-0.2, 0) is 14.8 Å². The molecule has 0 spiro atoms. The Morgan fingerprint density at radius 3 is 2.56 bits per heavy atom. The van der Waals surface area contributed by atoms with Crippen molar-refractivity contribution < 1.29 is 13.2 Å². The van der Waals surface area contributed by atoms with Gasteiger partial charge in [0, 0.05) is 33.2 Å². The summed E-state index contributed by atoms with van der Waals surface area (Å²) in [5.41, 5.74) is 0.976. The minimum absolute atomic E-state index is 0.0499. The molecule has 0 radical (unpaired) electrons. The highest BCUT2D eigenvalue weighted by atomic mass is 79.9. The Morgan fingerprint density at radius 1 is 1.22 bits per heavy atom. The lowest BCUT2D eigenvalue weighted by Gasteiger charge is -2.19. The zero-order valence-corrected chi connectivity index (χ0v) is 21.8. The van der Waals surface area contributed by atoms with Gasteiger partial charge in [0.1, 0.15) is 9.93 Å². The average molecular weight is 570 g/mol. The molecule has 1 saturated heterocycles. The molecule has 0 saturated carbocycles. The van der Waals surface area contributed by atoms with E-state index in [1.165, 1.54) is 40.1 Å². The lowest BCUT2D eigenvalue weighted by molar-refractivity contribution is -0.121. The monoisotopic (exact) mass is 568 g/mol. The fourth-order valence-electron chi connectivity index (χ4n) is 2.93. The molecular weight excluding hydrogens is 552 g/mol. The van der Waals surface area contributed by atoms with Crippen LogP contribution in [0.2, 0.25) is 0 Å². The number of amidine groups is 1. The van der Waals surface area contributed by atoms with Crippen molar-refractivity contribution in [2.45, 2.75) is 18.7 Å². The molecule has 1 aromatic carbocycles. The summed E-state index contributed by atoms with van der Waals surface area (Å²) in [4.78, 5) is 22.5. The van der Waals surface area contributed by atoms with Gasteiger partial charge in [-0.05, 0) is 49.9 Å². The maximum absolute atomic E-state index is 13.3. The number of benzene rings is 1. The van der Waals surface area contributed by atoms with E-state index in [1.807, 2.05) is 24.1 Å². The van der Waals surface area contributed by atoms with Crippen LogP contribution in [0.5, 0.6) is 0 Å². The fraction of sp³-hybridized carbons (Fsp3) is 0.150. The van der Waals surface area contributed by atoms with Crippen LogP contribution in [-0.4, -0.2) is 35.9 Å². The van der Waals surface area contributed by atoms with Crippen LogP contribution in [0.4, 0.5) is 5.13 Å². The summed E-state index contributed by atoms with van der Waals surface area (Å²) in [7, 11) is -4.01. The predicted octanol–water partition coefficient (Wildman–Crippen LogP) is 5.39. The number of rotatable bonds is 5.